The van der Waals surface area contributed by atoms with Crippen LogP contribution in [0.1, 0.15) is 11.1 Å². The van der Waals surface area contributed by atoms with E-state index in [0.717, 1.165) is 16.6 Å². The molecule has 0 saturated carbocycles. The third-order valence-electron chi connectivity index (χ3n) is 3.43. The number of hydrogen-bond donors (Lipinski definition) is 3. The first-order chi connectivity index (χ1) is 9.08. The normalized spacial score (nSPS) is 11.1. The van der Waals surface area contributed by atoms with Crippen LogP contribution in [-0.4, -0.2) is 20.2 Å². The zero-order valence-electron chi connectivity index (χ0n) is 10.7. The van der Waals surface area contributed by atoms with E-state index in [-0.39, 0.29) is 11.5 Å². The molecule has 0 unspecified atom stereocenters. The minimum absolute atomic E-state index is 0.0875. The maximum atomic E-state index is 10.1. The van der Waals surface area contributed by atoms with Gasteiger partial charge in [0, 0.05) is 0 Å². The lowest BCUT2D eigenvalue weighted by molar-refractivity contribution is 0.402. The van der Waals surface area contributed by atoms with Gasteiger partial charge in [0.05, 0.1) is 16.6 Å². The van der Waals surface area contributed by atoms with Crippen LogP contribution in [0.2, 0.25) is 0 Å². The Labute approximate surface area is 110 Å². The zero-order valence-corrected chi connectivity index (χ0v) is 10.7. The molecule has 2 aromatic carbocycles. The number of imidazole rings is 1. The van der Waals surface area contributed by atoms with Crippen LogP contribution in [0.25, 0.3) is 22.4 Å². The number of aromatic hydroxyl groups is 2. The van der Waals surface area contributed by atoms with Crippen molar-refractivity contribution in [3.05, 3.63) is 41.5 Å². The Hall–Kier alpha value is -2.49. The second-order valence-electron chi connectivity index (χ2n) is 4.67. The van der Waals surface area contributed by atoms with Gasteiger partial charge in [0.15, 0.2) is 11.5 Å². The van der Waals surface area contributed by atoms with Crippen molar-refractivity contribution in [2.75, 3.05) is 0 Å². The first-order valence-corrected chi connectivity index (χ1v) is 6.05. The number of aromatic amines is 1. The van der Waals surface area contributed by atoms with Crippen molar-refractivity contribution >= 4 is 11.0 Å². The van der Waals surface area contributed by atoms with E-state index >= 15 is 0 Å². The van der Waals surface area contributed by atoms with Gasteiger partial charge in [-0.1, -0.05) is 12.1 Å². The van der Waals surface area contributed by atoms with Gasteiger partial charge in [-0.2, -0.15) is 0 Å². The molecule has 0 aliphatic rings. The van der Waals surface area contributed by atoms with E-state index in [1.54, 1.807) is 6.92 Å². The summed E-state index contributed by atoms with van der Waals surface area (Å²) < 4.78 is 0. The van der Waals surface area contributed by atoms with E-state index in [9.17, 15) is 10.2 Å². The highest BCUT2D eigenvalue weighted by molar-refractivity contribution is 5.81. The molecule has 0 fully saturated rings. The molecule has 0 atom stereocenters. The fourth-order valence-corrected chi connectivity index (χ4v) is 2.15. The van der Waals surface area contributed by atoms with E-state index < -0.39 is 0 Å². The van der Waals surface area contributed by atoms with Gasteiger partial charge < -0.3 is 15.2 Å². The predicted octanol–water partition coefficient (Wildman–Crippen LogP) is 3.26. The second-order valence-corrected chi connectivity index (χ2v) is 4.67. The summed E-state index contributed by atoms with van der Waals surface area (Å²) in [5.74, 6) is 0.328. The minimum atomic E-state index is -0.137. The van der Waals surface area contributed by atoms with Crippen molar-refractivity contribution in [3.8, 4) is 22.9 Å². The van der Waals surface area contributed by atoms with Crippen LogP contribution in [0.5, 0.6) is 11.5 Å². The van der Waals surface area contributed by atoms with Gasteiger partial charge in [0.1, 0.15) is 5.82 Å². The van der Waals surface area contributed by atoms with Crippen molar-refractivity contribution < 1.29 is 10.2 Å². The monoisotopic (exact) mass is 254 g/mol. The van der Waals surface area contributed by atoms with Crippen molar-refractivity contribution in [3.63, 3.8) is 0 Å². The molecule has 19 heavy (non-hydrogen) atoms. The van der Waals surface area contributed by atoms with Gasteiger partial charge in [-0.25, -0.2) is 4.98 Å². The largest absolute Gasteiger partial charge is 0.504 e. The van der Waals surface area contributed by atoms with Crippen molar-refractivity contribution in [2.24, 2.45) is 0 Å². The third kappa shape index (κ3) is 1.73. The Bertz CT molecular complexity index is 742. The lowest BCUT2D eigenvalue weighted by Crippen LogP contribution is -1.88. The molecule has 3 N–H and O–H groups in total. The van der Waals surface area contributed by atoms with Crippen LogP contribution in [0, 0.1) is 13.8 Å². The molecule has 0 aliphatic carbocycles. The van der Waals surface area contributed by atoms with Crippen molar-refractivity contribution in [1.82, 2.24) is 9.97 Å². The standard InChI is InChI=1S/C15H14N2O2/c1-8-7-10(14(19)13(18)9(8)2)15-16-11-5-3-4-6-12(11)17-15/h3-7,18-19H,1-2H3,(H,16,17). The van der Waals surface area contributed by atoms with Gasteiger partial charge in [-0.05, 0) is 43.2 Å². The molecule has 1 aromatic heterocycles. The van der Waals surface area contributed by atoms with Crippen LogP contribution < -0.4 is 0 Å². The highest BCUT2D eigenvalue weighted by Gasteiger charge is 2.16. The van der Waals surface area contributed by atoms with Crippen LogP contribution in [0.4, 0.5) is 0 Å². The Kier molecular flexibility index (Phi) is 2.45. The number of benzene rings is 2. The lowest BCUT2D eigenvalue weighted by Gasteiger charge is -2.09. The number of phenolic OH excluding ortho intramolecular Hbond substituents is 2. The summed E-state index contributed by atoms with van der Waals surface area (Å²) >= 11 is 0. The van der Waals surface area contributed by atoms with Crippen LogP contribution in [0.15, 0.2) is 30.3 Å². The second kappa shape index (κ2) is 4.02. The van der Waals surface area contributed by atoms with Crippen LogP contribution >= 0.6 is 0 Å². The number of phenols is 2. The average molecular weight is 254 g/mol. The lowest BCUT2D eigenvalue weighted by atomic mass is 10.0. The highest BCUT2D eigenvalue weighted by Crippen LogP contribution is 2.39. The molecule has 0 spiro atoms. The number of aromatic nitrogens is 2. The Morgan fingerprint density at radius 2 is 1.79 bits per heavy atom. The van der Waals surface area contributed by atoms with Gasteiger partial charge in [-0.3, -0.25) is 0 Å². The first kappa shape index (κ1) is 11.6. The molecule has 4 nitrogen and oxygen atoms in total. The summed E-state index contributed by atoms with van der Waals surface area (Å²) in [5, 5.41) is 20.0. The average Bonchev–Trinajstić information content (AvgIpc) is 2.84. The molecule has 0 saturated heterocycles. The Morgan fingerprint density at radius 1 is 1.05 bits per heavy atom. The van der Waals surface area contributed by atoms with Gasteiger partial charge in [-0.15, -0.1) is 0 Å². The molecular weight excluding hydrogens is 240 g/mol. The van der Waals surface area contributed by atoms with E-state index in [4.69, 9.17) is 0 Å². The number of para-hydroxylation sites is 2. The molecule has 0 aliphatic heterocycles. The molecule has 3 aromatic rings. The van der Waals surface area contributed by atoms with Crippen LogP contribution in [-0.2, 0) is 0 Å². The number of rotatable bonds is 1. The maximum Gasteiger partial charge on any atom is 0.168 e. The van der Waals surface area contributed by atoms with E-state index in [1.807, 2.05) is 37.3 Å². The SMILES string of the molecule is Cc1cc(-c2nc3ccccc3[nH]2)c(O)c(O)c1C. The van der Waals surface area contributed by atoms with Crippen molar-refractivity contribution in [1.29, 1.82) is 0 Å². The summed E-state index contributed by atoms with van der Waals surface area (Å²) in [4.78, 5) is 7.57. The van der Waals surface area contributed by atoms with E-state index in [0.29, 0.717) is 17.0 Å². The summed E-state index contributed by atoms with van der Waals surface area (Å²) in [5.41, 5.74) is 3.82. The van der Waals surface area contributed by atoms with Gasteiger partial charge in [0.25, 0.3) is 0 Å². The molecule has 0 bridgehead atoms. The summed E-state index contributed by atoms with van der Waals surface area (Å²) in [7, 11) is 0. The van der Waals surface area contributed by atoms with Crippen molar-refractivity contribution in [2.45, 2.75) is 13.8 Å². The fraction of sp³-hybridized carbons (Fsp3) is 0.133. The molecule has 4 heteroatoms. The smallest absolute Gasteiger partial charge is 0.168 e. The summed E-state index contributed by atoms with van der Waals surface area (Å²) in [6.07, 6.45) is 0. The number of nitrogens with zero attached hydrogens (tertiary/aromatic N) is 1. The summed E-state index contributed by atoms with van der Waals surface area (Å²) in [6.45, 7) is 3.66. The maximum absolute atomic E-state index is 10.1. The van der Waals surface area contributed by atoms with Gasteiger partial charge >= 0.3 is 0 Å². The quantitative estimate of drug-likeness (QED) is 0.584. The van der Waals surface area contributed by atoms with Gasteiger partial charge in [0.2, 0.25) is 0 Å². The van der Waals surface area contributed by atoms with E-state index in [1.165, 1.54) is 0 Å². The highest BCUT2D eigenvalue weighted by atomic mass is 16.3. The number of hydrogen-bond acceptors (Lipinski definition) is 3. The zero-order chi connectivity index (χ0) is 13.6. The molecule has 0 amide bonds. The summed E-state index contributed by atoms with van der Waals surface area (Å²) in [6, 6.07) is 9.46. The topological polar surface area (TPSA) is 69.1 Å². The number of fused-ring (bicyclic) bond motifs is 1. The minimum Gasteiger partial charge on any atom is -0.504 e. The molecule has 3 rings (SSSR count). The number of aryl methyl sites for hydroxylation is 1. The van der Waals surface area contributed by atoms with E-state index in [2.05, 4.69) is 9.97 Å². The Morgan fingerprint density at radius 3 is 2.53 bits per heavy atom. The number of H-pyrrole nitrogens is 1. The third-order valence-corrected chi connectivity index (χ3v) is 3.43. The molecule has 1 heterocycles. The molecule has 96 valence electrons. The fourth-order valence-electron chi connectivity index (χ4n) is 2.15. The first-order valence-electron chi connectivity index (χ1n) is 6.05. The predicted molar refractivity (Wildman–Crippen MR) is 74.3 cm³/mol. The molecule has 0 radical (unpaired) electrons. The molecular formula is C15H14N2O2. The Balaban J connectivity index is 2.27. The van der Waals surface area contributed by atoms with Crippen LogP contribution in [0.3, 0.4) is 0 Å². The number of nitrogens with one attached hydrogen (secondary N) is 1.